The van der Waals surface area contributed by atoms with E-state index in [1.54, 1.807) is 0 Å². The summed E-state index contributed by atoms with van der Waals surface area (Å²) in [6.07, 6.45) is 1.80. The predicted octanol–water partition coefficient (Wildman–Crippen LogP) is 3.74. The predicted molar refractivity (Wildman–Crippen MR) is 106 cm³/mol. The number of rotatable bonds is 1. The van der Waals surface area contributed by atoms with E-state index in [-0.39, 0.29) is 17.4 Å². The second kappa shape index (κ2) is 5.42. The van der Waals surface area contributed by atoms with Crippen LogP contribution in [0.25, 0.3) is 5.57 Å². The quantitative estimate of drug-likeness (QED) is 0.603. The molecule has 1 aromatic carbocycles. The first-order valence-electron chi connectivity index (χ1n) is 8.53. The Morgan fingerprint density at radius 3 is 2.68 bits per heavy atom. The highest BCUT2D eigenvalue weighted by Crippen LogP contribution is 2.53. The number of hydrogen-bond acceptors (Lipinski definition) is 4. The zero-order chi connectivity index (χ0) is 18.1. The zero-order valence-electron chi connectivity index (χ0n) is 14.7. The molecule has 1 saturated heterocycles. The average Bonchev–Trinajstić information content (AvgIpc) is 3.00. The van der Waals surface area contributed by atoms with Gasteiger partial charge < -0.3 is 10.2 Å². The molecular weight excluding hydrogens is 352 g/mol. The van der Waals surface area contributed by atoms with Crippen LogP contribution in [-0.2, 0) is 16.0 Å². The molecule has 1 unspecified atom stereocenters. The number of hydrogen-bond donors (Lipinski definition) is 1. The summed E-state index contributed by atoms with van der Waals surface area (Å²) >= 11 is 6.32. The minimum atomic E-state index is -0.283. The molecule has 3 aliphatic heterocycles. The highest BCUT2D eigenvalue weighted by molar-refractivity contribution is 8.27. The van der Waals surface area contributed by atoms with E-state index in [4.69, 9.17) is 12.2 Å². The van der Waals surface area contributed by atoms with Crippen molar-refractivity contribution in [3.8, 4) is 0 Å². The first-order chi connectivity index (χ1) is 11.7. The molecule has 6 heteroatoms. The lowest BCUT2D eigenvalue weighted by Crippen LogP contribution is -2.49. The van der Waals surface area contributed by atoms with Crippen molar-refractivity contribution in [1.82, 2.24) is 5.32 Å². The van der Waals surface area contributed by atoms with E-state index in [1.165, 1.54) is 22.9 Å². The standard InChI is InChI=1S/C19H20N2O2S2/c1-5-10-6-11-9(2)8-19(3,4)21-14(11)12(7-10)13(17(21)23)15-16(22)20-18(24)25-15/h6-7,9H,5,8H2,1-4H3,(H,20,22,24). The molecule has 1 atom stereocenters. The van der Waals surface area contributed by atoms with Crippen LogP contribution in [0.5, 0.6) is 0 Å². The van der Waals surface area contributed by atoms with Crippen molar-refractivity contribution in [2.45, 2.75) is 52.0 Å². The number of benzene rings is 1. The van der Waals surface area contributed by atoms with E-state index >= 15 is 0 Å². The number of carbonyl (C=O) groups is 2. The molecule has 1 aromatic rings. The molecule has 0 radical (unpaired) electrons. The van der Waals surface area contributed by atoms with Crippen LogP contribution in [0.3, 0.4) is 0 Å². The molecule has 0 aromatic heterocycles. The first kappa shape index (κ1) is 16.8. The van der Waals surface area contributed by atoms with Crippen LogP contribution in [0.15, 0.2) is 17.0 Å². The third-order valence-corrected chi connectivity index (χ3v) is 6.54. The second-order valence-electron chi connectivity index (χ2n) is 7.54. The summed E-state index contributed by atoms with van der Waals surface area (Å²) in [6, 6.07) is 4.29. The molecule has 3 heterocycles. The molecule has 0 spiro atoms. The number of thioether (sulfide) groups is 1. The van der Waals surface area contributed by atoms with Crippen molar-refractivity contribution >= 4 is 51.4 Å². The highest BCUT2D eigenvalue weighted by atomic mass is 32.2. The molecule has 2 amide bonds. The second-order valence-corrected chi connectivity index (χ2v) is 9.23. The number of carbonyl (C=O) groups excluding carboxylic acids is 2. The Morgan fingerprint density at radius 2 is 2.08 bits per heavy atom. The number of anilines is 1. The average molecular weight is 373 g/mol. The molecule has 1 N–H and O–H groups in total. The van der Waals surface area contributed by atoms with Gasteiger partial charge in [0, 0.05) is 11.1 Å². The molecule has 130 valence electrons. The van der Waals surface area contributed by atoms with Gasteiger partial charge in [-0.3, -0.25) is 9.59 Å². The Balaban J connectivity index is 2.06. The van der Waals surface area contributed by atoms with Crippen LogP contribution >= 0.6 is 24.0 Å². The fourth-order valence-corrected chi connectivity index (χ4v) is 5.41. The summed E-state index contributed by atoms with van der Waals surface area (Å²) < 4.78 is 0.412. The van der Waals surface area contributed by atoms with Crippen LogP contribution in [-0.4, -0.2) is 21.7 Å². The van der Waals surface area contributed by atoms with Crippen LogP contribution < -0.4 is 10.2 Å². The van der Waals surface area contributed by atoms with Crippen molar-refractivity contribution in [3.05, 3.63) is 33.7 Å². The van der Waals surface area contributed by atoms with Gasteiger partial charge in [-0.25, -0.2) is 0 Å². The normalized spacial score (nSPS) is 27.0. The van der Waals surface area contributed by atoms with Crippen LogP contribution in [0, 0.1) is 0 Å². The largest absolute Gasteiger partial charge is 0.307 e. The summed E-state index contributed by atoms with van der Waals surface area (Å²) in [5.41, 5.74) is 4.51. The van der Waals surface area contributed by atoms with E-state index in [0.717, 1.165) is 24.1 Å². The van der Waals surface area contributed by atoms with Gasteiger partial charge >= 0.3 is 0 Å². The van der Waals surface area contributed by atoms with Gasteiger partial charge in [-0.05, 0) is 49.8 Å². The molecule has 0 aliphatic carbocycles. The number of nitrogens with one attached hydrogen (secondary N) is 1. The zero-order valence-corrected chi connectivity index (χ0v) is 16.4. The van der Waals surface area contributed by atoms with E-state index in [2.05, 4.69) is 45.1 Å². The Morgan fingerprint density at radius 1 is 1.36 bits per heavy atom. The van der Waals surface area contributed by atoms with E-state index < -0.39 is 0 Å². The first-order valence-corrected chi connectivity index (χ1v) is 9.76. The van der Waals surface area contributed by atoms with Crippen LogP contribution in [0.2, 0.25) is 0 Å². The lowest BCUT2D eigenvalue weighted by Gasteiger charge is -2.43. The Hall–Kier alpha value is -1.66. The highest BCUT2D eigenvalue weighted by Gasteiger charge is 2.49. The summed E-state index contributed by atoms with van der Waals surface area (Å²) in [5.74, 6) is 0.0261. The smallest absolute Gasteiger partial charge is 0.264 e. The third-order valence-electron chi connectivity index (χ3n) is 5.30. The topological polar surface area (TPSA) is 49.4 Å². The lowest BCUT2D eigenvalue weighted by atomic mass is 9.79. The fourth-order valence-electron chi connectivity index (χ4n) is 4.29. The molecule has 1 fully saturated rings. The van der Waals surface area contributed by atoms with E-state index in [0.29, 0.717) is 20.7 Å². The van der Waals surface area contributed by atoms with Gasteiger partial charge in [-0.2, -0.15) is 0 Å². The maximum Gasteiger partial charge on any atom is 0.264 e. The van der Waals surface area contributed by atoms with Crippen molar-refractivity contribution in [3.63, 3.8) is 0 Å². The van der Waals surface area contributed by atoms with Gasteiger partial charge in [0.25, 0.3) is 11.8 Å². The van der Waals surface area contributed by atoms with Gasteiger partial charge in [0.2, 0.25) is 0 Å². The molecule has 3 aliphatic rings. The minimum absolute atomic E-state index is 0.0799. The molecular formula is C19H20N2O2S2. The van der Waals surface area contributed by atoms with Gasteiger partial charge in [-0.15, -0.1) is 0 Å². The Bertz CT molecular complexity index is 886. The maximum absolute atomic E-state index is 13.4. The van der Waals surface area contributed by atoms with E-state index in [9.17, 15) is 9.59 Å². The molecule has 0 bridgehead atoms. The number of thiocarbonyl (C=S) groups is 1. The Labute approximate surface area is 157 Å². The van der Waals surface area contributed by atoms with Gasteiger partial charge in [0.15, 0.2) is 0 Å². The van der Waals surface area contributed by atoms with Gasteiger partial charge in [0.05, 0.1) is 16.2 Å². The lowest BCUT2D eigenvalue weighted by molar-refractivity contribution is -0.116. The molecule has 0 saturated carbocycles. The van der Waals surface area contributed by atoms with Crippen molar-refractivity contribution in [1.29, 1.82) is 0 Å². The fraction of sp³-hybridized carbons (Fsp3) is 0.421. The van der Waals surface area contributed by atoms with Crippen LogP contribution in [0.1, 0.15) is 56.7 Å². The minimum Gasteiger partial charge on any atom is -0.307 e. The monoisotopic (exact) mass is 372 g/mol. The van der Waals surface area contributed by atoms with Gasteiger partial charge in [0.1, 0.15) is 4.32 Å². The summed E-state index contributed by atoms with van der Waals surface area (Å²) in [5, 5.41) is 2.64. The number of amides is 2. The summed E-state index contributed by atoms with van der Waals surface area (Å²) in [4.78, 5) is 28.1. The summed E-state index contributed by atoms with van der Waals surface area (Å²) in [7, 11) is 0. The number of aryl methyl sites for hydroxylation is 1. The Kier molecular flexibility index (Phi) is 3.64. The molecule has 4 rings (SSSR count). The van der Waals surface area contributed by atoms with E-state index in [1.807, 2.05) is 4.90 Å². The van der Waals surface area contributed by atoms with Crippen molar-refractivity contribution in [2.24, 2.45) is 0 Å². The van der Waals surface area contributed by atoms with Crippen molar-refractivity contribution < 1.29 is 9.59 Å². The molecule has 4 nitrogen and oxygen atoms in total. The van der Waals surface area contributed by atoms with Gasteiger partial charge in [-0.1, -0.05) is 43.9 Å². The number of nitrogens with zero attached hydrogens (tertiary/aromatic N) is 1. The third kappa shape index (κ3) is 2.30. The molecule has 25 heavy (non-hydrogen) atoms. The van der Waals surface area contributed by atoms with Crippen molar-refractivity contribution in [2.75, 3.05) is 4.90 Å². The maximum atomic E-state index is 13.4. The summed E-state index contributed by atoms with van der Waals surface area (Å²) in [6.45, 7) is 8.53. The van der Waals surface area contributed by atoms with Crippen LogP contribution in [0.4, 0.5) is 5.69 Å². The SMILES string of the molecule is CCc1cc2c3c(c1)C(C)CC(C)(C)N3C(=O)C2=C1SC(=S)NC1=O.